The van der Waals surface area contributed by atoms with Crippen LogP contribution in [0.25, 0.3) is 0 Å². The van der Waals surface area contributed by atoms with Crippen LogP contribution in [-0.4, -0.2) is 64.2 Å². The van der Waals surface area contributed by atoms with Crippen LogP contribution in [0.5, 0.6) is 5.75 Å². The summed E-state index contributed by atoms with van der Waals surface area (Å²) >= 11 is 0. The smallest absolute Gasteiger partial charge is 0.276 e. The average Bonchev–Trinajstić information content (AvgIpc) is 3.27. The summed E-state index contributed by atoms with van der Waals surface area (Å²) in [5.74, 6) is 0.0872. The van der Waals surface area contributed by atoms with Crippen LogP contribution in [0.15, 0.2) is 54.7 Å². The number of halogens is 1. The summed E-state index contributed by atoms with van der Waals surface area (Å²) in [6, 6.07) is 13.8. The van der Waals surface area contributed by atoms with Crippen LogP contribution < -0.4 is 9.64 Å². The van der Waals surface area contributed by atoms with Crippen molar-refractivity contribution in [3.8, 4) is 5.75 Å². The molecule has 0 spiro atoms. The first-order valence-corrected chi connectivity index (χ1v) is 10.1. The molecule has 0 bridgehead atoms. The van der Waals surface area contributed by atoms with Crippen molar-refractivity contribution < 1.29 is 19.0 Å². The molecule has 1 saturated heterocycles. The number of nitrogens with zero attached hydrogens (tertiary/aromatic N) is 5. The second kappa shape index (κ2) is 9.13. The number of para-hydroxylation sites is 2. The van der Waals surface area contributed by atoms with Crippen LogP contribution in [0.1, 0.15) is 22.2 Å². The topological polar surface area (TPSA) is 83.7 Å². The molecule has 9 heteroatoms. The Morgan fingerprint density at radius 1 is 1.13 bits per heavy atom. The monoisotopic (exact) mass is 425 g/mol. The molecule has 1 fully saturated rings. The van der Waals surface area contributed by atoms with E-state index in [0.29, 0.717) is 43.2 Å². The van der Waals surface area contributed by atoms with Crippen molar-refractivity contribution in [3.63, 3.8) is 0 Å². The number of piperazine rings is 1. The zero-order chi connectivity index (χ0) is 21.8. The molecule has 0 aliphatic carbocycles. The Labute approximate surface area is 179 Å². The molecule has 0 unspecified atom stereocenters. The molecule has 162 valence electrons. The minimum atomic E-state index is -0.856. The lowest BCUT2D eigenvalue weighted by Gasteiger charge is -2.35. The van der Waals surface area contributed by atoms with Crippen molar-refractivity contribution in [1.82, 2.24) is 19.9 Å². The molecular formula is C22H24FN5O3. The van der Waals surface area contributed by atoms with E-state index in [0.717, 1.165) is 0 Å². The number of hydrogen-bond acceptors (Lipinski definition) is 6. The van der Waals surface area contributed by atoms with Crippen LogP contribution in [-0.2, 0) is 6.54 Å². The van der Waals surface area contributed by atoms with Gasteiger partial charge in [0.2, 0.25) is 0 Å². The Morgan fingerprint density at radius 2 is 1.84 bits per heavy atom. The van der Waals surface area contributed by atoms with Gasteiger partial charge < -0.3 is 19.6 Å². The van der Waals surface area contributed by atoms with Crippen LogP contribution >= 0.6 is 0 Å². The molecular weight excluding hydrogens is 401 g/mol. The van der Waals surface area contributed by atoms with E-state index in [1.54, 1.807) is 42.3 Å². The molecule has 0 saturated carbocycles. The van der Waals surface area contributed by atoms with Gasteiger partial charge in [-0.05, 0) is 18.2 Å². The highest BCUT2D eigenvalue weighted by molar-refractivity contribution is 5.92. The molecule has 2 aromatic carbocycles. The second-order valence-corrected chi connectivity index (χ2v) is 7.31. The van der Waals surface area contributed by atoms with Crippen molar-refractivity contribution in [3.05, 3.63) is 71.8 Å². The van der Waals surface area contributed by atoms with Crippen LogP contribution in [0.3, 0.4) is 0 Å². The third kappa shape index (κ3) is 4.51. The van der Waals surface area contributed by atoms with E-state index in [9.17, 15) is 14.3 Å². The van der Waals surface area contributed by atoms with Crippen LogP contribution in [0, 0.1) is 5.82 Å². The number of aromatic nitrogens is 3. The van der Waals surface area contributed by atoms with Crippen molar-refractivity contribution in [2.45, 2.75) is 12.6 Å². The Balaban J connectivity index is 1.37. The number of amides is 1. The molecule has 1 N–H and O–H groups in total. The van der Waals surface area contributed by atoms with E-state index in [4.69, 9.17) is 4.74 Å². The van der Waals surface area contributed by atoms with Gasteiger partial charge in [-0.1, -0.05) is 35.5 Å². The van der Waals surface area contributed by atoms with E-state index in [1.807, 2.05) is 17.0 Å². The standard InChI is InChI=1S/C22H24FN5O3/c1-31-21-9-5-2-6-16(21)20(29)15-28-14-18(24-25-28)22(30)27-12-10-26(11-13-27)19-8-4-3-7-17(19)23/h2-9,14,20,29H,10-13,15H2,1H3/t20-/m1/s1. The lowest BCUT2D eigenvalue weighted by molar-refractivity contribution is 0.0740. The number of anilines is 1. The Bertz CT molecular complexity index is 1050. The van der Waals surface area contributed by atoms with E-state index >= 15 is 0 Å². The fourth-order valence-corrected chi connectivity index (χ4v) is 3.72. The van der Waals surface area contributed by atoms with Gasteiger partial charge in [0.25, 0.3) is 5.91 Å². The maximum atomic E-state index is 14.0. The molecule has 2 heterocycles. The van der Waals surface area contributed by atoms with Crippen molar-refractivity contribution in [2.75, 3.05) is 38.2 Å². The summed E-state index contributed by atoms with van der Waals surface area (Å²) in [5, 5.41) is 18.5. The minimum Gasteiger partial charge on any atom is -0.496 e. The first-order valence-electron chi connectivity index (χ1n) is 10.1. The number of aliphatic hydroxyl groups excluding tert-OH is 1. The van der Waals surface area contributed by atoms with E-state index in [2.05, 4.69) is 10.3 Å². The predicted molar refractivity (Wildman–Crippen MR) is 112 cm³/mol. The summed E-state index contributed by atoms with van der Waals surface area (Å²) in [4.78, 5) is 16.4. The van der Waals surface area contributed by atoms with Gasteiger partial charge in [-0.15, -0.1) is 5.10 Å². The summed E-state index contributed by atoms with van der Waals surface area (Å²) in [6.07, 6.45) is 0.676. The highest BCUT2D eigenvalue weighted by Gasteiger charge is 2.25. The fraction of sp³-hybridized carbons (Fsp3) is 0.318. The third-order valence-electron chi connectivity index (χ3n) is 5.38. The number of carbonyl (C=O) groups excluding carboxylic acids is 1. The lowest BCUT2D eigenvalue weighted by Crippen LogP contribution is -2.49. The van der Waals surface area contributed by atoms with Gasteiger partial charge in [0.1, 0.15) is 17.7 Å². The molecule has 4 rings (SSSR count). The average molecular weight is 425 g/mol. The van der Waals surface area contributed by atoms with E-state index < -0.39 is 6.10 Å². The summed E-state index contributed by atoms with van der Waals surface area (Å²) in [7, 11) is 1.55. The van der Waals surface area contributed by atoms with Crippen molar-refractivity contribution in [2.24, 2.45) is 0 Å². The number of benzene rings is 2. The Morgan fingerprint density at radius 3 is 2.58 bits per heavy atom. The number of ether oxygens (including phenoxy) is 1. The number of carbonyl (C=O) groups is 1. The highest BCUT2D eigenvalue weighted by atomic mass is 19.1. The normalized spacial score (nSPS) is 15.1. The van der Waals surface area contributed by atoms with E-state index in [1.165, 1.54) is 16.9 Å². The molecule has 1 aliphatic heterocycles. The SMILES string of the molecule is COc1ccccc1[C@H](O)Cn1cc(C(=O)N2CCN(c3ccccc3F)CC2)nn1. The van der Waals surface area contributed by atoms with Gasteiger partial charge in [0, 0.05) is 31.7 Å². The van der Waals surface area contributed by atoms with Gasteiger partial charge in [-0.2, -0.15) is 0 Å². The highest BCUT2D eigenvalue weighted by Crippen LogP contribution is 2.25. The minimum absolute atomic E-state index is 0.141. The molecule has 1 amide bonds. The maximum absolute atomic E-state index is 14.0. The Hall–Kier alpha value is -3.46. The molecule has 0 radical (unpaired) electrons. The van der Waals surface area contributed by atoms with Gasteiger partial charge in [0.05, 0.1) is 25.5 Å². The first-order chi connectivity index (χ1) is 15.1. The molecule has 31 heavy (non-hydrogen) atoms. The quantitative estimate of drug-likeness (QED) is 0.651. The number of methoxy groups -OCH3 is 1. The largest absolute Gasteiger partial charge is 0.496 e. The number of rotatable bonds is 6. The zero-order valence-corrected chi connectivity index (χ0v) is 17.2. The summed E-state index contributed by atoms with van der Waals surface area (Å²) in [6.45, 7) is 2.14. The first kappa shape index (κ1) is 20.8. The summed E-state index contributed by atoms with van der Waals surface area (Å²) < 4.78 is 20.7. The lowest BCUT2D eigenvalue weighted by atomic mass is 10.1. The van der Waals surface area contributed by atoms with Gasteiger partial charge in [-0.25, -0.2) is 9.07 Å². The number of hydrogen-bond donors (Lipinski definition) is 1. The van der Waals surface area contributed by atoms with E-state index in [-0.39, 0.29) is 24.0 Å². The fourth-order valence-electron chi connectivity index (χ4n) is 3.72. The van der Waals surface area contributed by atoms with Crippen LogP contribution in [0.4, 0.5) is 10.1 Å². The Kier molecular flexibility index (Phi) is 6.13. The predicted octanol–water partition coefficient (Wildman–Crippen LogP) is 2.12. The van der Waals surface area contributed by atoms with Crippen LogP contribution in [0.2, 0.25) is 0 Å². The van der Waals surface area contributed by atoms with Gasteiger partial charge >= 0.3 is 0 Å². The zero-order valence-electron chi connectivity index (χ0n) is 17.2. The van der Waals surface area contributed by atoms with Crippen molar-refractivity contribution in [1.29, 1.82) is 0 Å². The second-order valence-electron chi connectivity index (χ2n) is 7.31. The van der Waals surface area contributed by atoms with Crippen molar-refractivity contribution >= 4 is 11.6 Å². The van der Waals surface area contributed by atoms with Gasteiger partial charge in [-0.3, -0.25) is 4.79 Å². The molecule has 8 nitrogen and oxygen atoms in total. The molecule has 1 aliphatic rings. The maximum Gasteiger partial charge on any atom is 0.276 e. The summed E-state index contributed by atoms with van der Waals surface area (Å²) in [5.41, 5.74) is 1.40. The van der Waals surface area contributed by atoms with Gasteiger partial charge in [0.15, 0.2) is 5.69 Å². The third-order valence-corrected chi connectivity index (χ3v) is 5.38. The molecule has 3 aromatic rings. The molecule has 1 atom stereocenters. The number of aliphatic hydroxyl groups is 1. The molecule has 1 aromatic heterocycles.